The van der Waals surface area contributed by atoms with Gasteiger partial charge in [0.2, 0.25) is 0 Å². The van der Waals surface area contributed by atoms with Crippen LogP contribution in [-0.4, -0.2) is 7.05 Å². The Labute approximate surface area is 130 Å². The van der Waals surface area contributed by atoms with Crippen molar-refractivity contribution in [3.05, 3.63) is 68.7 Å². The highest BCUT2D eigenvalue weighted by Crippen LogP contribution is 2.28. The molecular formula is C15H13BrClF2N. The Hall–Kier alpha value is -0.970. The first-order valence-electron chi connectivity index (χ1n) is 6.07. The fraction of sp³-hybridized carbons (Fsp3) is 0.200. The Bertz CT molecular complexity index is 619. The molecule has 0 saturated heterocycles. The van der Waals surface area contributed by atoms with E-state index in [1.807, 2.05) is 18.2 Å². The van der Waals surface area contributed by atoms with Crippen LogP contribution in [0.5, 0.6) is 0 Å². The number of likely N-dealkylation sites (N-methyl/N-ethyl adjacent to an activating group) is 1. The summed E-state index contributed by atoms with van der Waals surface area (Å²) in [7, 11) is 1.79. The van der Waals surface area contributed by atoms with E-state index in [0.717, 1.165) is 16.1 Å². The number of halogens is 4. The third-order valence-corrected chi connectivity index (χ3v) is 4.37. The molecule has 5 heteroatoms. The van der Waals surface area contributed by atoms with Crippen LogP contribution < -0.4 is 5.32 Å². The van der Waals surface area contributed by atoms with E-state index in [-0.39, 0.29) is 6.04 Å². The molecule has 0 amide bonds. The lowest BCUT2D eigenvalue weighted by Gasteiger charge is -2.18. The molecule has 0 heterocycles. The van der Waals surface area contributed by atoms with Gasteiger partial charge in [-0.3, -0.25) is 0 Å². The monoisotopic (exact) mass is 359 g/mol. The van der Waals surface area contributed by atoms with E-state index in [4.69, 9.17) is 11.6 Å². The van der Waals surface area contributed by atoms with Crippen molar-refractivity contribution in [1.29, 1.82) is 0 Å². The summed E-state index contributed by atoms with van der Waals surface area (Å²) in [6.45, 7) is 0. The molecule has 0 saturated carbocycles. The first-order chi connectivity index (χ1) is 9.51. The van der Waals surface area contributed by atoms with E-state index in [9.17, 15) is 8.78 Å². The molecule has 0 aromatic heterocycles. The smallest absolute Gasteiger partial charge is 0.129 e. The molecule has 0 aliphatic carbocycles. The van der Waals surface area contributed by atoms with Crippen LogP contribution in [-0.2, 0) is 6.42 Å². The predicted octanol–water partition coefficient (Wildman–Crippen LogP) is 4.88. The predicted molar refractivity (Wildman–Crippen MR) is 81.0 cm³/mol. The van der Waals surface area contributed by atoms with Crippen LogP contribution in [0.1, 0.15) is 17.2 Å². The highest BCUT2D eigenvalue weighted by molar-refractivity contribution is 9.10. The third kappa shape index (κ3) is 3.57. The van der Waals surface area contributed by atoms with Gasteiger partial charge in [0.05, 0.1) is 5.02 Å². The summed E-state index contributed by atoms with van der Waals surface area (Å²) in [6.07, 6.45) is 0.417. The van der Waals surface area contributed by atoms with Gasteiger partial charge in [0.15, 0.2) is 0 Å². The number of rotatable bonds is 4. The van der Waals surface area contributed by atoms with Crippen LogP contribution >= 0.6 is 27.5 Å². The molecule has 2 rings (SSSR count). The zero-order valence-electron chi connectivity index (χ0n) is 10.8. The van der Waals surface area contributed by atoms with Gasteiger partial charge in [-0.25, -0.2) is 8.78 Å². The SMILES string of the molecule is CNC(Cc1ccc(F)cc1F)c1ccc(Br)c(Cl)c1. The molecule has 20 heavy (non-hydrogen) atoms. The van der Waals surface area contributed by atoms with Crippen molar-refractivity contribution in [1.82, 2.24) is 5.32 Å². The summed E-state index contributed by atoms with van der Waals surface area (Å²) in [5.74, 6) is -1.10. The fourth-order valence-corrected chi connectivity index (χ4v) is 2.46. The maximum atomic E-state index is 13.7. The summed E-state index contributed by atoms with van der Waals surface area (Å²) in [5.41, 5.74) is 1.41. The molecular weight excluding hydrogens is 348 g/mol. The van der Waals surface area contributed by atoms with Gasteiger partial charge in [0.1, 0.15) is 11.6 Å². The highest BCUT2D eigenvalue weighted by atomic mass is 79.9. The quantitative estimate of drug-likeness (QED) is 0.819. The summed E-state index contributed by atoms with van der Waals surface area (Å²) in [4.78, 5) is 0. The van der Waals surface area contributed by atoms with Gasteiger partial charge in [-0.05, 0) is 58.7 Å². The first kappa shape index (κ1) is 15.4. The number of benzene rings is 2. The molecule has 0 aliphatic heterocycles. The van der Waals surface area contributed by atoms with E-state index in [0.29, 0.717) is 17.0 Å². The highest BCUT2D eigenvalue weighted by Gasteiger charge is 2.14. The first-order valence-corrected chi connectivity index (χ1v) is 7.24. The molecule has 0 radical (unpaired) electrons. The average molecular weight is 361 g/mol. The van der Waals surface area contributed by atoms with Crippen molar-refractivity contribution in [3.63, 3.8) is 0 Å². The zero-order chi connectivity index (χ0) is 14.7. The lowest BCUT2D eigenvalue weighted by molar-refractivity contribution is 0.541. The maximum absolute atomic E-state index is 13.7. The van der Waals surface area contributed by atoms with Gasteiger partial charge >= 0.3 is 0 Å². The summed E-state index contributed by atoms with van der Waals surface area (Å²) >= 11 is 9.40. The normalized spacial score (nSPS) is 12.4. The van der Waals surface area contributed by atoms with Gasteiger partial charge in [-0.1, -0.05) is 23.7 Å². The van der Waals surface area contributed by atoms with Crippen LogP contribution in [0.3, 0.4) is 0 Å². The number of nitrogens with one attached hydrogen (secondary N) is 1. The average Bonchev–Trinajstić information content (AvgIpc) is 2.41. The molecule has 106 valence electrons. The molecule has 0 spiro atoms. The van der Waals surface area contributed by atoms with Crippen LogP contribution in [0.15, 0.2) is 40.9 Å². The molecule has 1 nitrogen and oxygen atoms in total. The summed E-state index contributed by atoms with van der Waals surface area (Å²) < 4.78 is 27.4. The van der Waals surface area contributed by atoms with Crippen molar-refractivity contribution in [2.75, 3.05) is 7.05 Å². The summed E-state index contributed by atoms with van der Waals surface area (Å²) in [5, 5.41) is 3.72. The summed E-state index contributed by atoms with van der Waals surface area (Å²) in [6, 6.07) is 9.13. The van der Waals surface area contributed by atoms with Crippen LogP contribution in [0.25, 0.3) is 0 Å². The van der Waals surface area contributed by atoms with Crippen LogP contribution in [0.2, 0.25) is 5.02 Å². The van der Waals surface area contributed by atoms with Crippen LogP contribution in [0, 0.1) is 11.6 Å². The van der Waals surface area contributed by atoms with Gasteiger partial charge in [-0.2, -0.15) is 0 Å². The molecule has 2 aromatic rings. The fourth-order valence-electron chi connectivity index (χ4n) is 2.02. The van der Waals surface area contributed by atoms with Crippen molar-refractivity contribution in [2.45, 2.75) is 12.5 Å². The lowest BCUT2D eigenvalue weighted by atomic mass is 9.98. The van der Waals surface area contributed by atoms with Crippen LogP contribution in [0.4, 0.5) is 8.78 Å². The van der Waals surface area contributed by atoms with E-state index in [1.54, 1.807) is 7.05 Å². The Morgan fingerprint density at radius 3 is 2.55 bits per heavy atom. The van der Waals surface area contributed by atoms with Gasteiger partial charge in [0, 0.05) is 16.6 Å². The standard InChI is InChI=1S/C15H13BrClF2N/c1-20-15(10-3-5-12(16)13(17)6-10)7-9-2-4-11(18)8-14(9)19/h2-6,8,15,20H,7H2,1H3. The zero-order valence-corrected chi connectivity index (χ0v) is 13.1. The molecule has 1 N–H and O–H groups in total. The minimum absolute atomic E-state index is 0.0967. The Kier molecular flexibility index (Phi) is 5.13. The van der Waals surface area contributed by atoms with Gasteiger partial charge < -0.3 is 5.32 Å². The topological polar surface area (TPSA) is 12.0 Å². The Morgan fingerprint density at radius 1 is 1.20 bits per heavy atom. The largest absolute Gasteiger partial charge is 0.313 e. The van der Waals surface area contributed by atoms with Crippen molar-refractivity contribution >= 4 is 27.5 Å². The molecule has 1 unspecified atom stereocenters. The van der Waals surface area contributed by atoms with Gasteiger partial charge in [-0.15, -0.1) is 0 Å². The lowest BCUT2D eigenvalue weighted by Crippen LogP contribution is -2.19. The van der Waals surface area contributed by atoms with Crippen molar-refractivity contribution in [3.8, 4) is 0 Å². The molecule has 2 aromatic carbocycles. The molecule has 0 fully saturated rings. The van der Waals surface area contributed by atoms with Gasteiger partial charge in [0.25, 0.3) is 0 Å². The third-order valence-electron chi connectivity index (χ3n) is 3.13. The van der Waals surface area contributed by atoms with E-state index >= 15 is 0 Å². The van der Waals surface area contributed by atoms with Crippen molar-refractivity contribution < 1.29 is 8.78 Å². The Balaban J connectivity index is 2.26. The number of hydrogen-bond acceptors (Lipinski definition) is 1. The molecule has 0 bridgehead atoms. The molecule has 0 aliphatic rings. The Morgan fingerprint density at radius 2 is 1.95 bits per heavy atom. The van der Waals surface area contributed by atoms with E-state index < -0.39 is 11.6 Å². The second-order valence-corrected chi connectivity index (χ2v) is 5.72. The van der Waals surface area contributed by atoms with E-state index in [2.05, 4.69) is 21.2 Å². The maximum Gasteiger partial charge on any atom is 0.129 e. The second kappa shape index (κ2) is 6.66. The minimum atomic E-state index is -0.570. The van der Waals surface area contributed by atoms with E-state index in [1.165, 1.54) is 12.1 Å². The van der Waals surface area contributed by atoms with Crippen molar-refractivity contribution in [2.24, 2.45) is 0 Å². The molecule has 1 atom stereocenters. The second-order valence-electron chi connectivity index (χ2n) is 4.45. The minimum Gasteiger partial charge on any atom is -0.313 e. The number of hydrogen-bond donors (Lipinski definition) is 1.